The Morgan fingerprint density at radius 2 is 1.29 bits per heavy atom. The number of methoxy groups -OCH3 is 1. The van der Waals surface area contributed by atoms with Gasteiger partial charge in [-0.2, -0.15) is 8.42 Å². The maximum absolute atomic E-state index is 11.1. The summed E-state index contributed by atoms with van der Waals surface area (Å²) >= 11 is 0. The second kappa shape index (κ2) is 16.3. The molecule has 0 aliphatic heterocycles. The molecule has 0 saturated carbocycles. The minimum Gasteiger partial charge on any atom is -0.493 e. The van der Waals surface area contributed by atoms with Gasteiger partial charge in [0.15, 0.2) is 11.5 Å². The van der Waals surface area contributed by atoms with Crippen molar-refractivity contribution < 1.29 is 27.6 Å². The van der Waals surface area contributed by atoms with E-state index in [1.54, 1.807) is 6.07 Å². The fourth-order valence-electron chi connectivity index (χ4n) is 3.61. The normalized spacial score (nSPS) is 12.6. The van der Waals surface area contributed by atoms with Crippen molar-refractivity contribution in [2.75, 3.05) is 13.7 Å². The third-order valence-corrected chi connectivity index (χ3v) is 6.35. The molecule has 0 heterocycles. The van der Waals surface area contributed by atoms with Crippen LogP contribution in [0.5, 0.6) is 11.5 Å². The second-order valence-corrected chi connectivity index (χ2v) is 9.70. The van der Waals surface area contributed by atoms with E-state index in [1.165, 1.54) is 96.3 Å². The predicted octanol–water partition coefficient (Wildman–Crippen LogP) is 6.43. The first kappa shape index (κ1) is 27.7. The van der Waals surface area contributed by atoms with Gasteiger partial charge in [0.2, 0.25) is 5.44 Å². The summed E-state index contributed by atoms with van der Waals surface area (Å²) in [7, 11) is -3.14. The van der Waals surface area contributed by atoms with E-state index in [2.05, 4.69) is 6.92 Å². The number of hydrogen-bond donors (Lipinski definition) is 2. The van der Waals surface area contributed by atoms with E-state index in [0.717, 1.165) is 12.8 Å². The summed E-state index contributed by atoms with van der Waals surface area (Å²) in [5.74, 6) is 0.814. The van der Waals surface area contributed by atoms with Crippen molar-refractivity contribution in [3.8, 4) is 11.5 Å². The summed E-state index contributed by atoms with van der Waals surface area (Å²) in [4.78, 5) is 0. The fraction of sp³-hybridized carbons (Fsp3) is 0.750. The lowest BCUT2D eigenvalue weighted by atomic mass is 10.0. The van der Waals surface area contributed by atoms with Crippen LogP contribution in [-0.4, -0.2) is 31.8 Å². The quantitative estimate of drug-likeness (QED) is 0.183. The van der Waals surface area contributed by atoms with Crippen LogP contribution in [0.25, 0.3) is 0 Å². The van der Waals surface area contributed by atoms with Gasteiger partial charge in [0.25, 0.3) is 10.1 Å². The molecule has 1 atom stereocenters. The molecule has 0 amide bonds. The lowest BCUT2D eigenvalue weighted by Crippen LogP contribution is -2.11. The largest absolute Gasteiger partial charge is 0.493 e. The maximum atomic E-state index is 11.1. The van der Waals surface area contributed by atoms with Crippen LogP contribution in [0.15, 0.2) is 18.2 Å². The highest BCUT2D eigenvalue weighted by Crippen LogP contribution is 2.31. The topological polar surface area (TPSA) is 93.1 Å². The Kier molecular flexibility index (Phi) is 14.6. The van der Waals surface area contributed by atoms with Crippen LogP contribution < -0.4 is 9.47 Å². The lowest BCUT2D eigenvalue weighted by Gasteiger charge is -2.14. The van der Waals surface area contributed by atoms with Crippen molar-refractivity contribution in [3.63, 3.8) is 0 Å². The molecule has 2 N–H and O–H groups in total. The van der Waals surface area contributed by atoms with Gasteiger partial charge in [0.1, 0.15) is 0 Å². The highest BCUT2D eigenvalue weighted by Gasteiger charge is 2.23. The van der Waals surface area contributed by atoms with Gasteiger partial charge in [-0.15, -0.1) is 0 Å². The Bertz CT molecular complexity index is 689. The molecule has 0 saturated heterocycles. The molecule has 0 spiro atoms. The summed E-state index contributed by atoms with van der Waals surface area (Å²) in [6, 6.07) is 4.31. The number of rotatable bonds is 19. The van der Waals surface area contributed by atoms with Crippen LogP contribution in [0.4, 0.5) is 0 Å². The second-order valence-electron chi connectivity index (χ2n) is 8.22. The van der Waals surface area contributed by atoms with Gasteiger partial charge in [0, 0.05) is 5.56 Å². The van der Waals surface area contributed by atoms with Gasteiger partial charge in [-0.3, -0.25) is 4.55 Å². The van der Waals surface area contributed by atoms with Gasteiger partial charge in [-0.1, -0.05) is 96.5 Å². The van der Waals surface area contributed by atoms with Crippen molar-refractivity contribution in [2.24, 2.45) is 0 Å². The Balaban J connectivity index is 2.10. The fourth-order valence-corrected chi connectivity index (χ4v) is 4.10. The molecule has 31 heavy (non-hydrogen) atoms. The van der Waals surface area contributed by atoms with E-state index in [-0.39, 0.29) is 5.56 Å². The molecule has 0 fully saturated rings. The first-order valence-corrected chi connectivity index (χ1v) is 13.4. The van der Waals surface area contributed by atoms with Crippen LogP contribution in [0, 0.1) is 0 Å². The predicted molar refractivity (Wildman–Crippen MR) is 125 cm³/mol. The summed E-state index contributed by atoms with van der Waals surface area (Å²) < 4.78 is 42.1. The van der Waals surface area contributed by atoms with Gasteiger partial charge in [0.05, 0.1) is 13.7 Å². The van der Waals surface area contributed by atoms with E-state index in [4.69, 9.17) is 14.0 Å². The van der Waals surface area contributed by atoms with E-state index >= 15 is 0 Å². The molecular weight excluding hydrogens is 416 g/mol. The molecule has 0 aliphatic rings. The maximum Gasteiger partial charge on any atom is 0.296 e. The Morgan fingerprint density at radius 3 is 1.74 bits per heavy atom. The Morgan fingerprint density at radius 1 is 0.806 bits per heavy atom. The molecular formula is C24H42O6S. The highest BCUT2D eigenvalue weighted by atomic mass is 32.2. The molecule has 0 aromatic heterocycles. The minimum atomic E-state index is -4.58. The average molecular weight is 459 g/mol. The molecule has 7 heteroatoms. The van der Waals surface area contributed by atoms with Crippen LogP contribution in [0.2, 0.25) is 0 Å². The summed E-state index contributed by atoms with van der Waals surface area (Å²) in [6.07, 6.45) is 18.2. The molecule has 6 nitrogen and oxygen atoms in total. The first-order valence-electron chi connectivity index (χ1n) is 11.8. The first-order chi connectivity index (χ1) is 14.9. The summed E-state index contributed by atoms with van der Waals surface area (Å²) in [5, 5.41) is 9.65. The Labute approximate surface area is 189 Å². The number of ether oxygens (including phenoxy) is 2. The lowest BCUT2D eigenvalue weighted by molar-refractivity contribution is 0.237. The van der Waals surface area contributed by atoms with E-state index in [9.17, 15) is 13.5 Å². The van der Waals surface area contributed by atoms with Crippen LogP contribution >= 0.6 is 0 Å². The van der Waals surface area contributed by atoms with Gasteiger partial charge in [-0.05, 0) is 18.6 Å². The standard InChI is InChI=1S/C24H42O6S/c1-3-4-5-6-7-8-9-10-11-12-13-14-15-16-19-30-22-18-17-21(20-23(22)29-2)24(25)31(26,27)28/h17-18,20,24-25H,3-16,19H2,1-2H3,(H,26,27,28). The molecule has 1 aromatic carbocycles. The van der Waals surface area contributed by atoms with Crippen LogP contribution in [-0.2, 0) is 10.1 Å². The molecule has 1 rings (SSSR count). The molecule has 1 unspecified atom stereocenters. The number of unbranched alkanes of at least 4 members (excludes halogenated alkanes) is 13. The molecule has 0 radical (unpaired) electrons. The number of hydrogen-bond acceptors (Lipinski definition) is 5. The highest BCUT2D eigenvalue weighted by molar-refractivity contribution is 7.85. The van der Waals surface area contributed by atoms with Crippen LogP contribution in [0.3, 0.4) is 0 Å². The van der Waals surface area contributed by atoms with Crippen molar-refractivity contribution in [1.29, 1.82) is 0 Å². The zero-order valence-corrected chi connectivity index (χ0v) is 20.2. The van der Waals surface area contributed by atoms with E-state index in [0.29, 0.717) is 18.1 Å². The average Bonchev–Trinajstić information content (AvgIpc) is 2.75. The van der Waals surface area contributed by atoms with E-state index in [1.807, 2.05) is 0 Å². The van der Waals surface area contributed by atoms with Crippen molar-refractivity contribution in [2.45, 2.75) is 102 Å². The molecule has 1 aromatic rings. The van der Waals surface area contributed by atoms with Crippen molar-refractivity contribution in [3.05, 3.63) is 23.8 Å². The zero-order valence-electron chi connectivity index (χ0n) is 19.4. The smallest absolute Gasteiger partial charge is 0.296 e. The van der Waals surface area contributed by atoms with Crippen LogP contribution in [0.1, 0.15) is 108 Å². The molecule has 0 bridgehead atoms. The van der Waals surface area contributed by atoms with Crippen molar-refractivity contribution in [1.82, 2.24) is 0 Å². The number of benzene rings is 1. The third-order valence-electron chi connectivity index (χ3n) is 5.51. The van der Waals surface area contributed by atoms with Gasteiger partial charge < -0.3 is 14.6 Å². The third kappa shape index (κ3) is 12.3. The van der Waals surface area contributed by atoms with Crippen molar-refractivity contribution >= 4 is 10.1 Å². The summed E-state index contributed by atoms with van der Waals surface area (Å²) in [6.45, 7) is 2.81. The number of aliphatic hydroxyl groups excluding tert-OH is 1. The molecule has 0 aliphatic carbocycles. The minimum absolute atomic E-state index is 0.0307. The monoisotopic (exact) mass is 458 g/mol. The Hall–Kier alpha value is -1.31. The van der Waals surface area contributed by atoms with Gasteiger partial charge >= 0.3 is 0 Å². The number of aliphatic hydroxyl groups is 1. The zero-order chi connectivity index (χ0) is 23.0. The van der Waals surface area contributed by atoms with Gasteiger partial charge in [-0.25, -0.2) is 0 Å². The molecule has 180 valence electrons. The summed E-state index contributed by atoms with van der Waals surface area (Å²) in [5.41, 5.74) is -1.97. The SMILES string of the molecule is CCCCCCCCCCCCCCCCOc1ccc(C(O)S(=O)(=O)O)cc1OC. The van der Waals surface area contributed by atoms with E-state index < -0.39 is 15.6 Å².